The maximum atomic E-state index is 11.1. The van der Waals surface area contributed by atoms with Crippen molar-refractivity contribution in [1.29, 1.82) is 0 Å². The summed E-state index contributed by atoms with van der Waals surface area (Å²) in [6.45, 7) is 2.18. The third kappa shape index (κ3) is 3.76. The van der Waals surface area contributed by atoms with E-state index >= 15 is 0 Å². The molecule has 0 N–H and O–H groups in total. The molecule has 0 saturated heterocycles. The Hall–Kier alpha value is -0.580. The largest absolute Gasteiger partial charge is 0.460 e. The summed E-state index contributed by atoms with van der Waals surface area (Å²) in [5.74, 6) is -0.163. The van der Waals surface area contributed by atoms with Gasteiger partial charge in [0.1, 0.15) is 10.5 Å². The Kier molecular flexibility index (Phi) is 4.21. The zero-order valence-corrected chi connectivity index (χ0v) is 9.52. The first kappa shape index (κ1) is 10.5. The summed E-state index contributed by atoms with van der Waals surface area (Å²) >= 11 is 2.04. The lowest BCUT2D eigenvalue weighted by atomic mass is 10.2. The first-order valence-electron chi connectivity index (χ1n) is 4.05. The molecule has 0 saturated carbocycles. The van der Waals surface area contributed by atoms with Gasteiger partial charge in [-0.1, -0.05) is 52.9 Å². The summed E-state index contributed by atoms with van der Waals surface area (Å²) in [6.07, 6.45) is 0. The molecule has 0 spiro atoms. The van der Waals surface area contributed by atoms with Gasteiger partial charge in [0.2, 0.25) is 0 Å². The minimum Gasteiger partial charge on any atom is -0.460 e. The van der Waals surface area contributed by atoms with Gasteiger partial charge >= 0.3 is 5.97 Å². The van der Waals surface area contributed by atoms with Gasteiger partial charge in [0.15, 0.2) is 0 Å². The highest BCUT2D eigenvalue weighted by molar-refractivity contribution is 14.1. The maximum absolute atomic E-state index is 11.1. The predicted octanol–water partition coefficient (Wildman–Crippen LogP) is 2.55. The van der Waals surface area contributed by atoms with Crippen LogP contribution in [-0.2, 0) is 16.1 Å². The molecule has 0 aliphatic carbocycles. The van der Waals surface area contributed by atoms with Crippen molar-refractivity contribution >= 4 is 28.6 Å². The quantitative estimate of drug-likeness (QED) is 0.486. The van der Waals surface area contributed by atoms with Gasteiger partial charge in [0.05, 0.1) is 0 Å². The second-order valence-corrected chi connectivity index (χ2v) is 4.58. The molecule has 0 amide bonds. The Morgan fingerprint density at radius 3 is 2.62 bits per heavy atom. The molecule has 1 aromatic rings. The molecule has 0 aromatic heterocycles. The molecule has 0 aliphatic heterocycles. The fourth-order valence-electron chi connectivity index (χ4n) is 0.844. The van der Waals surface area contributed by atoms with Crippen LogP contribution in [0.1, 0.15) is 12.5 Å². The van der Waals surface area contributed by atoms with Crippen molar-refractivity contribution in [1.82, 2.24) is 0 Å². The van der Waals surface area contributed by atoms with Crippen molar-refractivity contribution in [3.63, 3.8) is 0 Å². The van der Waals surface area contributed by atoms with E-state index in [0.29, 0.717) is 6.61 Å². The van der Waals surface area contributed by atoms with Crippen molar-refractivity contribution in [2.75, 3.05) is 0 Å². The SMILES string of the molecule is C[C@@H](I)C(=O)OCc1ccccc1. The van der Waals surface area contributed by atoms with Crippen LogP contribution >= 0.6 is 22.6 Å². The van der Waals surface area contributed by atoms with Crippen molar-refractivity contribution in [2.45, 2.75) is 17.5 Å². The number of hydrogen-bond acceptors (Lipinski definition) is 2. The summed E-state index contributed by atoms with van der Waals surface area (Å²) in [4.78, 5) is 11.1. The topological polar surface area (TPSA) is 26.3 Å². The molecular weight excluding hydrogens is 279 g/mol. The normalized spacial score (nSPS) is 12.2. The summed E-state index contributed by atoms with van der Waals surface area (Å²) in [5, 5.41) is 0. The van der Waals surface area contributed by atoms with E-state index in [2.05, 4.69) is 0 Å². The highest BCUT2D eigenvalue weighted by atomic mass is 127. The number of ether oxygens (including phenoxy) is 1. The van der Waals surface area contributed by atoms with Crippen molar-refractivity contribution in [3.05, 3.63) is 35.9 Å². The number of carbonyl (C=O) groups excluding carboxylic acids is 1. The molecule has 3 heteroatoms. The van der Waals surface area contributed by atoms with E-state index in [1.54, 1.807) is 0 Å². The Morgan fingerprint density at radius 2 is 2.08 bits per heavy atom. The second-order valence-electron chi connectivity index (χ2n) is 2.71. The molecule has 0 heterocycles. The number of alkyl halides is 1. The van der Waals surface area contributed by atoms with E-state index in [-0.39, 0.29) is 9.89 Å². The van der Waals surface area contributed by atoms with Gasteiger partial charge in [-0.15, -0.1) is 0 Å². The number of benzene rings is 1. The number of carbonyl (C=O) groups is 1. The second kappa shape index (κ2) is 5.21. The molecule has 0 fully saturated rings. The Balaban J connectivity index is 2.40. The zero-order valence-electron chi connectivity index (χ0n) is 7.37. The van der Waals surface area contributed by atoms with E-state index < -0.39 is 0 Å². The van der Waals surface area contributed by atoms with Crippen LogP contribution in [0.3, 0.4) is 0 Å². The van der Waals surface area contributed by atoms with Gasteiger partial charge < -0.3 is 4.74 Å². The Morgan fingerprint density at radius 1 is 1.46 bits per heavy atom. The lowest BCUT2D eigenvalue weighted by Crippen LogP contribution is -2.13. The molecule has 70 valence electrons. The van der Waals surface area contributed by atoms with Crippen LogP contribution < -0.4 is 0 Å². The number of hydrogen-bond donors (Lipinski definition) is 0. The van der Waals surface area contributed by atoms with E-state index in [1.165, 1.54) is 0 Å². The van der Waals surface area contributed by atoms with Gasteiger partial charge in [-0.3, -0.25) is 4.79 Å². The highest BCUT2D eigenvalue weighted by Gasteiger charge is 2.09. The molecule has 1 atom stereocenters. The number of halogens is 1. The molecule has 2 nitrogen and oxygen atoms in total. The summed E-state index contributed by atoms with van der Waals surface area (Å²) in [6, 6.07) is 9.66. The van der Waals surface area contributed by atoms with E-state index in [0.717, 1.165) is 5.56 Å². The van der Waals surface area contributed by atoms with E-state index in [9.17, 15) is 4.79 Å². The van der Waals surface area contributed by atoms with Crippen LogP contribution in [0.2, 0.25) is 0 Å². The third-order valence-corrected chi connectivity index (χ3v) is 2.06. The number of rotatable bonds is 3. The molecule has 0 aliphatic rings. The Bertz CT molecular complexity index is 270. The molecular formula is C10H11IO2. The van der Waals surface area contributed by atoms with Gasteiger partial charge in [0.25, 0.3) is 0 Å². The van der Waals surface area contributed by atoms with E-state index in [1.807, 2.05) is 59.8 Å². The van der Waals surface area contributed by atoms with Crippen LogP contribution in [0.25, 0.3) is 0 Å². The molecule has 0 radical (unpaired) electrons. The monoisotopic (exact) mass is 290 g/mol. The summed E-state index contributed by atoms with van der Waals surface area (Å²) < 4.78 is 4.96. The lowest BCUT2D eigenvalue weighted by molar-refractivity contribution is -0.143. The third-order valence-electron chi connectivity index (χ3n) is 1.55. The average Bonchev–Trinajstić information content (AvgIpc) is 2.15. The summed E-state index contributed by atoms with van der Waals surface area (Å²) in [5.41, 5.74) is 1.02. The van der Waals surface area contributed by atoms with Gasteiger partial charge in [-0.25, -0.2) is 0 Å². The van der Waals surface area contributed by atoms with Crippen molar-refractivity contribution in [3.8, 4) is 0 Å². The molecule has 13 heavy (non-hydrogen) atoms. The van der Waals surface area contributed by atoms with Crippen LogP contribution in [0.4, 0.5) is 0 Å². The smallest absolute Gasteiger partial charge is 0.318 e. The average molecular weight is 290 g/mol. The predicted molar refractivity (Wildman–Crippen MR) is 59.7 cm³/mol. The fraction of sp³-hybridized carbons (Fsp3) is 0.300. The minimum absolute atomic E-state index is 0.0821. The van der Waals surface area contributed by atoms with Crippen molar-refractivity contribution in [2.24, 2.45) is 0 Å². The van der Waals surface area contributed by atoms with Crippen LogP contribution in [0.15, 0.2) is 30.3 Å². The first-order chi connectivity index (χ1) is 6.20. The van der Waals surface area contributed by atoms with Gasteiger partial charge in [0, 0.05) is 0 Å². The van der Waals surface area contributed by atoms with Crippen LogP contribution in [0.5, 0.6) is 0 Å². The molecule has 0 unspecified atom stereocenters. The van der Waals surface area contributed by atoms with E-state index in [4.69, 9.17) is 4.74 Å². The first-order valence-corrected chi connectivity index (χ1v) is 5.29. The maximum Gasteiger partial charge on any atom is 0.318 e. The fourth-order valence-corrected chi connectivity index (χ4v) is 1.02. The highest BCUT2D eigenvalue weighted by Crippen LogP contribution is 2.05. The van der Waals surface area contributed by atoms with Gasteiger partial charge in [-0.2, -0.15) is 0 Å². The zero-order chi connectivity index (χ0) is 9.68. The lowest BCUT2D eigenvalue weighted by Gasteiger charge is -2.05. The van der Waals surface area contributed by atoms with Crippen LogP contribution in [0, 0.1) is 0 Å². The van der Waals surface area contributed by atoms with Crippen molar-refractivity contribution < 1.29 is 9.53 Å². The molecule has 1 aromatic carbocycles. The van der Waals surface area contributed by atoms with Crippen LogP contribution in [-0.4, -0.2) is 9.89 Å². The number of esters is 1. The summed E-state index contributed by atoms with van der Waals surface area (Å²) in [7, 11) is 0. The standard InChI is InChI=1S/C10H11IO2/c1-8(11)10(12)13-7-9-5-3-2-4-6-9/h2-6,8H,7H2,1H3/t8-/m1/s1. The van der Waals surface area contributed by atoms with Gasteiger partial charge in [-0.05, 0) is 12.5 Å². The molecule has 1 rings (SSSR count). The molecule has 0 bridgehead atoms. The minimum atomic E-state index is -0.163. The Labute approximate surface area is 91.4 Å².